The molecule has 0 unspecified atom stereocenters. The van der Waals surface area contributed by atoms with Crippen LogP contribution in [0.5, 0.6) is 0 Å². The van der Waals surface area contributed by atoms with Gasteiger partial charge in [0.1, 0.15) is 17.0 Å². The van der Waals surface area contributed by atoms with E-state index in [1.165, 1.54) is 0 Å². The van der Waals surface area contributed by atoms with Crippen LogP contribution in [0.2, 0.25) is 0 Å². The second-order valence-corrected chi connectivity index (χ2v) is 7.01. The Bertz CT molecular complexity index is 960. The number of amides is 2. The van der Waals surface area contributed by atoms with Crippen LogP contribution in [-0.2, 0) is 4.79 Å². The zero-order valence-electron chi connectivity index (χ0n) is 16.2. The standard InChI is InChI=1S/C22H23N3O3/c1-14(2)13-19(26)23-17-9-11-18(12-10-17)24-22(27)20-15(3)28-25-21(20)16-7-5-4-6-8-16/h4-12,14H,13H2,1-3H3,(H,23,26)(H,24,27). The van der Waals surface area contributed by atoms with Gasteiger partial charge in [-0.2, -0.15) is 0 Å². The summed E-state index contributed by atoms with van der Waals surface area (Å²) in [5.41, 5.74) is 3.03. The van der Waals surface area contributed by atoms with Crippen molar-refractivity contribution in [3.63, 3.8) is 0 Å². The van der Waals surface area contributed by atoms with E-state index in [1.54, 1.807) is 31.2 Å². The van der Waals surface area contributed by atoms with Crippen LogP contribution in [0.15, 0.2) is 59.1 Å². The van der Waals surface area contributed by atoms with E-state index in [2.05, 4.69) is 15.8 Å². The van der Waals surface area contributed by atoms with Gasteiger partial charge in [0.2, 0.25) is 5.91 Å². The normalized spacial score (nSPS) is 10.7. The lowest BCUT2D eigenvalue weighted by Gasteiger charge is -2.09. The molecule has 0 aliphatic carbocycles. The number of aryl methyl sites for hydroxylation is 1. The first kappa shape index (κ1) is 19.4. The fourth-order valence-electron chi connectivity index (χ4n) is 2.85. The number of benzene rings is 2. The Morgan fingerprint density at radius 2 is 1.57 bits per heavy atom. The van der Waals surface area contributed by atoms with Gasteiger partial charge in [-0.15, -0.1) is 0 Å². The molecule has 0 saturated heterocycles. The predicted octanol–water partition coefficient (Wildman–Crippen LogP) is 4.89. The molecule has 0 atom stereocenters. The molecule has 0 bridgehead atoms. The van der Waals surface area contributed by atoms with Gasteiger partial charge >= 0.3 is 0 Å². The smallest absolute Gasteiger partial charge is 0.261 e. The van der Waals surface area contributed by atoms with Crippen molar-refractivity contribution >= 4 is 23.2 Å². The molecule has 3 rings (SSSR count). The number of rotatable bonds is 6. The van der Waals surface area contributed by atoms with E-state index in [4.69, 9.17) is 4.52 Å². The maximum Gasteiger partial charge on any atom is 0.261 e. The Balaban J connectivity index is 1.72. The van der Waals surface area contributed by atoms with Crippen molar-refractivity contribution < 1.29 is 14.1 Å². The van der Waals surface area contributed by atoms with Gasteiger partial charge in [0.05, 0.1) is 0 Å². The van der Waals surface area contributed by atoms with Gasteiger partial charge in [-0.1, -0.05) is 49.3 Å². The van der Waals surface area contributed by atoms with Crippen molar-refractivity contribution in [2.24, 2.45) is 5.92 Å². The van der Waals surface area contributed by atoms with E-state index in [9.17, 15) is 9.59 Å². The average molecular weight is 377 g/mol. The van der Waals surface area contributed by atoms with Crippen LogP contribution in [0.25, 0.3) is 11.3 Å². The van der Waals surface area contributed by atoms with Gasteiger partial charge in [-0.3, -0.25) is 9.59 Å². The van der Waals surface area contributed by atoms with E-state index in [0.29, 0.717) is 40.7 Å². The molecule has 2 amide bonds. The predicted molar refractivity (Wildman–Crippen MR) is 109 cm³/mol. The Morgan fingerprint density at radius 1 is 0.964 bits per heavy atom. The zero-order valence-corrected chi connectivity index (χ0v) is 16.2. The number of nitrogens with one attached hydrogen (secondary N) is 2. The first-order valence-corrected chi connectivity index (χ1v) is 9.17. The van der Waals surface area contributed by atoms with E-state index < -0.39 is 0 Å². The molecule has 2 N–H and O–H groups in total. The van der Waals surface area contributed by atoms with Crippen LogP contribution in [-0.4, -0.2) is 17.0 Å². The van der Waals surface area contributed by atoms with Crippen LogP contribution in [0, 0.1) is 12.8 Å². The van der Waals surface area contributed by atoms with E-state index in [0.717, 1.165) is 5.56 Å². The SMILES string of the molecule is Cc1onc(-c2ccccc2)c1C(=O)Nc1ccc(NC(=O)CC(C)C)cc1. The fraction of sp³-hybridized carbons (Fsp3) is 0.227. The highest BCUT2D eigenvalue weighted by atomic mass is 16.5. The first-order chi connectivity index (χ1) is 13.4. The summed E-state index contributed by atoms with van der Waals surface area (Å²) in [6.07, 6.45) is 0.466. The Morgan fingerprint density at radius 3 is 2.18 bits per heavy atom. The Kier molecular flexibility index (Phi) is 5.89. The van der Waals surface area contributed by atoms with Crippen LogP contribution in [0.1, 0.15) is 36.4 Å². The maximum absolute atomic E-state index is 12.8. The van der Waals surface area contributed by atoms with Crippen LogP contribution in [0.3, 0.4) is 0 Å². The van der Waals surface area contributed by atoms with Gasteiger partial charge in [0, 0.05) is 23.4 Å². The molecule has 6 heteroatoms. The average Bonchev–Trinajstić information content (AvgIpc) is 3.05. The molecule has 0 radical (unpaired) electrons. The van der Waals surface area contributed by atoms with Crippen molar-refractivity contribution in [1.29, 1.82) is 0 Å². The van der Waals surface area contributed by atoms with Crippen molar-refractivity contribution in [3.8, 4) is 11.3 Å². The van der Waals surface area contributed by atoms with Crippen molar-refractivity contribution in [2.75, 3.05) is 10.6 Å². The number of hydrogen-bond acceptors (Lipinski definition) is 4. The molecule has 0 spiro atoms. The number of carbonyl (C=O) groups is 2. The maximum atomic E-state index is 12.8. The summed E-state index contributed by atoms with van der Waals surface area (Å²) >= 11 is 0. The number of nitrogens with zero attached hydrogens (tertiary/aromatic N) is 1. The third-order valence-corrected chi connectivity index (χ3v) is 4.16. The van der Waals surface area contributed by atoms with E-state index >= 15 is 0 Å². The number of hydrogen-bond donors (Lipinski definition) is 2. The summed E-state index contributed by atoms with van der Waals surface area (Å²) in [6.45, 7) is 5.70. The molecule has 1 aromatic heterocycles. The fourth-order valence-corrected chi connectivity index (χ4v) is 2.85. The number of carbonyl (C=O) groups excluding carboxylic acids is 2. The monoisotopic (exact) mass is 377 g/mol. The summed E-state index contributed by atoms with van der Waals surface area (Å²) in [7, 11) is 0. The lowest BCUT2D eigenvalue weighted by atomic mass is 10.1. The van der Waals surface area contributed by atoms with E-state index in [1.807, 2.05) is 44.2 Å². The van der Waals surface area contributed by atoms with Gasteiger partial charge in [0.15, 0.2) is 0 Å². The minimum absolute atomic E-state index is 0.0283. The van der Waals surface area contributed by atoms with Crippen LogP contribution >= 0.6 is 0 Å². The molecule has 0 aliphatic heterocycles. The summed E-state index contributed by atoms with van der Waals surface area (Å²) in [5, 5.41) is 9.74. The first-order valence-electron chi connectivity index (χ1n) is 9.17. The molecule has 0 saturated carbocycles. The Hall–Kier alpha value is -3.41. The topological polar surface area (TPSA) is 84.2 Å². The number of anilines is 2. The summed E-state index contributed by atoms with van der Waals surface area (Å²) < 4.78 is 5.25. The van der Waals surface area contributed by atoms with Crippen molar-refractivity contribution in [2.45, 2.75) is 27.2 Å². The van der Waals surface area contributed by atoms with Crippen molar-refractivity contribution in [1.82, 2.24) is 5.16 Å². The highest BCUT2D eigenvalue weighted by Gasteiger charge is 2.21. The van der Waals surface area contributed by atoms with Gasteiger partial charge < -0.3 is 15.2 Å². The quantitative estimate of drug-likeness (QED) is 0.641. The second-order valence-electron chi connectivity index (χ2n) is 7.01. The lowest BCUT2D eigenvalue weighted by Crippen LogP contribution is -2.15. The minimum atomic E-state index is -0.297. The third-order valence-electron chi connectivity index (χ3n) is 4.16. The largest absolute Gasteiger partial charge is 0.360 e. The number of aromatic nitrogens is 1. The van der Waals surface area contributed by atoms with Crippen LogP contribution in [0.4, 0.5) is 11.4 Å². The molecule has 0 aliphatic rings. The third kappa shape index (κ3) is 4.65. The highest BCUT2D eigenvalue weighted by molar-refractivity contribution is 6.08. The molecule has 6 nitrogen and oxygen atoms in total. The molecular weight excluding hydrogens is 354 g/mol. The van der Waals surface area contributed by atoms with Crippen molar-refractivity contribution in [3.05, 3.63) is 65.9 Å². The van der Waals surface area contributed by atoms with Gasteiger partial charge in [-0.25, -0.2) is 0 Å². The van der Waals surface area contributed by atoms with Gasteiger partial charge in [0.25, 0.3) is 5.91 Å². The molecule has 3 aromatic rings. The minimum Gasteiger partial charge on any atom is -0.360 e. The van der Waals surface area contributed by atoms with E-state index in [-0.39, 0.29) is 11.8 Å². The molecule has 144 valence electrons. The molecular formula is C22H23N3O3. The van der Waals surface area contributed by atoms with Crippen LogP contribution < -0.4 is 10.6 Å². The lowest BCUT2D eigenvalue weighted by molar-refractivity contribution is -0.116. The summed E-state index contributed by atoms with van der Waals surface area (Å²) in [5.74, 6) is 0.423. The Labute approximate surface area is 163 Å². The summed E-state index contributed by atoms with van der Waals surface area (Å²) in [6, 6.07) is 16.4. The molecule has 0 fully saturated rings. The summed E-state index contributed by atoms with van der Waals surface area (Å²) in [4.78, 5) is 24.6. The highest BCUT2D eigenvalue weighted by Crippen LogP contribution is 2.26. The molecule has 1 heterocycles. The second kappa shape index (κ2) is 8.52. The molecule has 2 aromatic carbocycles. The molecule has 28 heavy (non-hydrogen) atoms. The zero-order chi connectivity index (χ0) is 20.1. The van der Waals surface area contributed by atoms with Gasteiger partial charge in [-0.05, 0) is 37.1 Å².